The van der Waals surface area contributed by atoms with Crippen LogP contribution in [0.3, 0.4) is 0 Å². The molecule has 0 aromatic heterocycles. The van der Waals surface area contributed by atoms with Crippen molar-refractivity contribution in [1.29, 1.82) is 0 Å². The van der Waals surface area contributed by atoms with Gasteiger partial charge in [-0.05, 0) is 0 Å². The Bertz CT molecular complexity index is 821. The van der Waals surface area contributed by atoms with Crippen molar-refractivity contribution in [3.05, 3.63) is 59.7 Å². The first-order chi connectivity index (χ1) is 12.7. The standard InChI is InChI=1S/2C8H9O.CHF3O3S.Bi/c2*1-9-7-8-5-3-2-4-6-8;2-1(3,4)8(5,6)7;/h2*2-5H,7H2,1H3;(H,5,6,7);/q;;;+1/p-1. The van der Waals surface area contributed by atoms with Crippen LogP contribution >= 0.6 is 0 Å². The van der Waals surface area contributed by atoms with Crippen LogP contribution in [0.4, 0.5) is 13.2 Å². The number of alkyl halides is 3. The summed E-state index contributed by atoms with van der Waals surface area (Å²) in [6.07, 6.45) is 0. The molecule has 0 spiro atoms. The van der Waals surface area contributed by atoms with Crippen LogP contribution in [-0.4, -0.2) is 50.3 Å². The van der Waals surface area contributed by atoms with Crippen LogP contribution in [0.2, 0.25) is 0 Å². The molecule has 148 valence electrons. The van der Waals surface area contributed by atoms with Gasteiger partial charge in [0.05, 0.1) is 0 Å². The molecule has 10 heteroatoms. The molecule has 0 aliphatic heterocycles. The van der Waals surface area contributed by atoms with E-state index in [4.69, 9.17) is 11.7 Å². The van der Waals surface area contributed by atoms with Gasteiger partial charge < -0.3 is 0 Å². The van der Waals surface area contributed by atoms with Gasteiger partial charge in [-0.15, -0.1) is 0 Å². The molecular weight excluding hydrogens is 582 g/mol. The monoisotopic (exact) mass is 600 g/mol. The second-order valence-electron chi connectivity index (χ2n) is 5.39. The maximum atomic E-state index is 13.0. The molecule has 0 aliphatic carbocycles. The van der Waals surface area contributed by atoms with E-state index in [0.717, 1.165) is 0 Å². The summed E-state index contributed by atoms with van der Waals surface area (Å²) in [6.45, 7) is 0.258. The van der Waals surface area contributed by atoms with Crippen molar-refractivity contribution in [2.45, 2.75) is 18.7 Å². The van der Waals surface area contributed by atoms with Gasteiger partial charge in [-0.1, -0.05) is 0 Å². The van der Waals surface area contributed by atoms with Crippen LogP contribution in [0, 0.1) is 0 Å². The molecule has 5 nitrogen and oxygen atoms in total. The summed E-state index contributed by atoms with van der Waals surface area (Å²) >= 11 is -4.12. The second-order valence-corrected chi connectivity index (χ2v) is 14.7. The first-order valence-electron chi connectivity index (χ1n) is 7.66. The van der Waals surface area contributed by atoms with E-state index in [-0.39, 0.29) is 13.2 Å². The average molecular weight is 600 g/mol. The molecule has 2 aromatic carbocycles. The summed E-state index contributed by atoms with van der Waals surface area (Å²) < 4.78 is 78.6. The van der Waals surface area contributed by atoms with Gasteiger partial charge in [-0.2, -0.15) is 0 Å². The minimum absolute atomic E-state index is 0.129. The Morgan fingerprint density at radius 3 is 1.63 bits per heavy atom. The van der Waals surface area contributed by atoms with Crippen LogP contribution in [0.1, 0.15) is 11.1 Å². The van der Waals surface area contributed by atoms with Gasteiger partial charge in [-0.3, -0.25) is 0 Å². The van der Waals surface area contributed by atoms with Crippen molar-refractivity contribution in [2.24, 2.45) is 0 Å². The molecule has 0 saturated carbocycles. The van der Waals surface area contributed by atoms with Crippen LogP contribution < -0.4 is 6.54 Å². The topological polar surface area (TPSA) is 61.8 Å². The molecule has 0 saturated heterocycles. The number of benzene rings is 2. The third kappa shape index (κ3) is 5.48. The van der Waals surface area contributed by atoms with Gasteiger partial charge in [0.15, 0.2) is 0 Å². The fraction of sp³-hybridized carbons (Fsp3) is 0.294. The third-order valence-corrected chi connectivity index (χ3v) is 15.2. The fourth-order valence-corrected chi connectivity index (χ4v) is 13.8. The van der Waals surface area contributed by atoms with Crippen molar-refractivity contribution in [1.82, 2.24) is 0 Å². The molecule has 0 bridgehead atoms. The number of ether oxygens (including phenoxy) is 2. The summed E-state index contributed by atoms with van der Waals surface area (Å²) in [7, 11) is -2.85. The SMILES string of the molecule is COCc1cccc[c]1[Bi]([O]S(=O)(=O)C(F)(F)F)[c]1ccccc1COC. The van der Waals surface area contributed by atoms with Gasteiger partial charge in [-0.25, -0.2) is 0 Å². The van der Waals surface area contributed by atoms with E-state index in [1.54, 1.807) is 48.5 Å². The molecule has 0 unspecified atom stereocenters. The van der Waals surface area contributed by atoms with Crippen molar-refractivity contribution < 1.29 is 33.3 Å². The van der Waals surface area contributed by atoms with Crippen LogP contribution in [0.25, 0.3) is 0 Å². The number of rotatable bonds is 8. The molecule has 0 N–H and O–H groups in total. The number of methoxy groups -OCH3 is 2. The molecule has 0 heterocycles. The molecule has 0 amide bonds. The van der Waals surface area contributed by atoms with Gasteiger partial charge in [0, 0.05) is 0 Å². The number of hydrogen-bond donors (Lipinski definition) is 0. The van der Waals surface area contributed by atoms with E-state index < -0.39 is 37.8 Å². The normalized spacial score (nSPS) is 12.5. The Morgan fingerprint density at radius 1 is 0.852 bits per heavy atom. The summed E-state index contributed by atoms with van der Waals surface area (Å²) in [4.78, 5) is 0. The first-order valence-corrected chi connectivity index (χ1v) is 14.0. The molecular formula is C17H18BiF3O5S. The Hall–Kier alpha value is -1.06. The van der Waals surface area contributed by atoms with Gasteiger partial charge >= 0.3 is 165 Å². The zero-order valence-electron chi connectivity index (χ0n) is 14.6. The van der Waals surface area contributed by atoms with Crippen molar-refractivity contribution in [3.63, 3.8) is 0 Å². The van der Waals surface area contributed by atoms with Gasteiger partial charge in [0.2, 0.25) is 0 Å². The molecule has 2 aromatic rings. The van der Waals surface area contributed by atoms with E-state index in [1.165, 1.54) is 14.2 Å². The zero-order valence-corrected chi connectivity index (χ0v) is 18.9. The third-order valence-electron chi connectivity index (χ3n) is 3.48. The maximum absolute atomic E-state index is 13.0. The minimum atomic E-state index is -5.75. The number of hydrogen-bond acceptors (Lipinski definition) is 5. The summed E-state index contributed by atoms with van der Waals surface area (Å²) in [5.74, 6) is 0. The van der Waals surface area contributed by atoms with Gasteiger partial charge in [0.25, 0.3) is 0 Å². The van der Waals surface area contributed by atoms with E-state index >= 15 is 0 Å². The molecule has 0 atom stereocenters. The van der Waals surface area contributed by atoms with Crippen molar-refractivity contribution in [3.8, 4) is 0 Å². The van der Waals surface area contributed by atoms with Crippen LogP contribution in [0.5, 0.6) is 0 Å². The predicted molar refractivity (Wildman–Crippen MR) is 95.4 cm³/mol. The zero-order chi connectivity index (χ0) is 20.1. The molecule has 0 fully saturated rings. The average Bonchev–Trinajstić information content (AvgIpc) is 2.61. The van der Waals surface area contributed by atoms with Crippen LogP contribution in [0.15, 0.2) is 48.5 Å². The van der Waals surface area contributed by atoms with Crippen molar-refractivity contribution in [2.75, 3.05) is 14.2 Å². The first kappa shape index (κ1) is 22.2. The van der Waals surface area contributed by atoms with E-state index in [2.05, 4.69) is 0 Å². The second kappa shape index (κ2) is 9.43. The van der Waals surface area contributed by atoms with Crippen LogP contribution in [-0.2, 0) is 35.1 Å². The summed E-state index contributed by atoms with van der Waals surface area (Å²) in [5.41, 5.74) is -4.29. The molecule has 0 aliphatic rings. The fourth-order valence-electron chi connectivity index (χ4n) is 2.32. The van der Waals surface area contributed by atoms with Crippen molar-refractivity contribution >= 4 is 38.9 Å². The van der Waals surface area contributed by atoms with E-state index in [9.17, 15) is 21.6 Å². The van der Waals surface area contributed by atoms with Gasteiger partial charge in [0.1, 0.15) is 0 Å². The Balaban J connectivity index is 2.64. The Morgan fingerprint density at radius 2 is 1.26 bits per heavy atom. The summed E-state index contributed by atoms with van der Waals surface area (Å²) in [6, 6.07) is 13.3. The molecule has 2 rings (SSSR count). The molecule has 27 heavy (non-hydrogen) atoms. The summed E-state index contributed by atoms with van der Waals surface area (Å²) in [5, 5.41) is 0. The quantitative estimate of drug-likeness (QED) is 0.343. The van der Waals surface area contributed by atoms with E-state index in [1.807, 2.05) is 0 Å². The number of halogens is 3. The Labute approximate surface area is 164 Å². The predicted octanol–water partition coefficient (Wildman–Crippen LogP) is 1.95. The van der Waals surface area contributed by atoms with E-state index in [0.29, 0.717) is 17.7 Å². The molecule has 0 radical (unpaired) electrons. The Kier molecular flexibility index (Phi) is 7.76.